The Balaban J connectivity index is 3.17. The van der Waals surface area contributed by atoms with Crippen LogP contribution in [-0.2, 0) is 0 Å². The van der Waals surface area contributed by atoms with E-state index < -0.39 is 5.97 Å². The fraction of sp³-hybridized carbons (Fsp3) is 0.167. The molecule has 0 spiro atoms. The van der Waals surface area contributed by atoms with Crippen LogP contribution in [0.5, 0.6) is 0 Å². The third kappa shape index (κ3) is 1.30. The van der Waals surface area contributed by atoms with Gasteiger partial charge in [-0.15, -0.1) is 0 Å². The monoisotopic (exact) mass is 174 g/mol. The number of rotatable bonds is 2. The quantitative estimate of drug-likeness (QED) is 0.704. The zero-order chi connectivity index (χ0) is 8.43. The maximum atomic E-state index is 10.5. The predicted molar refractivity (Wildman–Crippen MR) is 41.7 cm³/mol. The van der Waals surface area contributed by atoms with E-state index in [-0.39, 0.29) is 10.7 Å². The summed E-state index contributed by atoms with van der Waals surface area (Å²) in [6.45, 7) is 0. The minimum absolute atomic E-state index is 0.0502. The zero-order valence-electron chi connectivity index (χ0n) is 5.84. The highest BCUT2D eigenvalue weighted by atomic mass is 35.5. The molecule has 1 aromatic rings. The normalized spacial score (nSPS) is 9.64. The van der Waals surface area contributed by atoms with Gasteiger partial charge in [-0.25, -0.2) is 4.79 Å². The lowest BCUT2D eigenvalue weighted by atomic mass is 10.4. The molecule has 0 aliphatic rings. The number of halogens is 1. The molecule has 0 amide bonds. The summed E-state index contributed by atoms with van der Waals surface area (Å²) >= 11 is 5.58. The molecule has 0 radical (unpaired) electrons. The summed E-state index contributed by atoms with van der Waals surface area (Å²) < 4.78 is 1.34. The molecule has 0 aliphatic heterocycles. The van der Waals surface area contributed by atoms with Crippen LogP contribution in [0.3, 0.4) is 0 Å². The van der Waals surface area contributed by atoms with E-state index in [1.54, 1.807) is 13.2 Å². The zero-order valence-corrected chi connectivity index (χ0v) is 6.59. The van der Waals surface area contributed by atoms with E-state index in [1.165, 1.54) is 10.7 Å². The SMILES string of the molecule is CNn1ccc(Cl)c1C(=O)O. The van der Waals surface area contributed by atoms with Gasteiger partial charge >= 0.3 is 5.97 Å². The minimum atomic E-state index is -1.05. The second-order valence-corrected chi connectivity index (χ2v) is 2.32. The van der Waals surface area contributed by atoms with Gasteiger partial charge in [-0.3, -0.25) is 4.68 Å². The number of nitrogens with zero attached hydrogens (tertiary/aromatic N) is 1. The van der Waals surface area contributed by atoms with Crippen molar-refractivity contribution in [2.75, 3.05) is 12.5 Å². The number of carbonyl (C=O) groups is 1. The number of hydrogen-bond acceptors (Lipinski definition) is 2. The second kappa shape index (κ2) is 2.84. The van der Waals surface area contributed by atoms with Crippen molar-refractivity contribution < 1.29 is 9.90 Å². The lowest BCUT2D eigenvalue weighted by molar-refractivity contribution is 0.0687. The highest BCUT2D eigenvalue weighted by Gasteiger charge is 2.13. The average molecular weight is 175 g/mol. The van der Waals surface area contributed by atoms with Gasteiger partial charge in [0.2, 0.25) is 0 Å². The molecule has 0 atom stereocenters. The Labute approximate surface area is 68.4 Å². The van der Waals surface area contributed by atoms with Crippen LogP contribution in [0, 0.1) is 0 Å². The molecule has 1 rings (SSSR count). The van der Waals surface area contributed by atoms with Crippen molar-refractivity contribution in [1.29, 1.82) is 0 Å². The first-order chi connectivity index (χ1) is 5.16. The lowest BCUT2D eigenvalue weighted by Crippen LogP contribution is -2.15. The molecule has 11 heavy (non-hydrogen) atoms. The second-order valence-electron chi connectivity index (χ2n) is 1.91. The molecular weight excluding hydrogens is 168 g/mol. The maximum absolute atomic E-state index is 10.5. The highest BCUT2D eigenvalue weighted by Crippen LogP contribution is 2.15. The molecule has 1 aromatic heterocycles. The molecule has 0 fully saturated rings. The molecule has 60 valence electrons. The first-order valence-corrected chi connectivity index (χ1v) is 3.32. The number of carboxylic acid groups (broad SMARTS) is 1. The number of nitrogens with one attached hydrogen (secondary N) is 1. The molecule has 0 aliphatic carbocycles. The van der Waals surface area contributed by atoms with Gasteiger partial charge in [0, 0.05) is 13.2 Å². The van der Waals surface area contributed by atoms with E-state index >= 15 is 0 Å². The fourth-order valence-electron chi connectivity index (χ4n) is 0.800. The summed E-state index contributed by atoms with van der Waals surface area (Å²) in [7, 11) is 1.61. The number of aromatic nitrogens is 1. The van der Waals surface area contributed by atoms with Crippen molar-refractivity contribution in [1.82, 2.24) is 4.68 Å². The Morgan fingerprint density at radius 1 is 1.82 bits per heavy atom. The number of carboxylic acids is 1. The third-order valence-electron chi connectivity index (χ3n) is 1.28. The smallest absolute Gasteiger partial charge is 0.356 e. The Morgan fingerprint density at radius 2 is 2.45 bits per heavy atom. The fourth-order valence-corrected chi connectivity index (χ4v) is 1.03. The molecule has 4 nitrogen and oxygen atoms in total. The van der Waals surface area contributed by atoms with Crippen molar-refractivity contribution in [3.63, 3.8) is 0 Å². The Morgan fingerprint density at radius 3 is 2.82 bits per heavy atom. The van der Waals surface area contributed by atoms with Gasteiger partial charge in [-0.2, -0.15) is 0 Å². The molecule has 1 heterocycles. The Kier molecular flexibility index (Phi) is 2.05. The van der Waals surface area contributed by atoms with Gasteiger partial charge in [-0.1, -0.05) is 11.6 Å². The number of aromatic carboxylic acids is 1. The predicted octanol–water partition coefficient (Wildman–Crippen LogP) is 1.01. The van der Waals surface area contributed by atoms with Crippen molar-refractivity contribution in [3.05, 3.63) is 23.0 Å². The van der Waals surface area contributed by atoms with Crippen LogP contribution in [0.25, 0.3) is 0 Å². The van der Waals surface area contributed by atoms with Crippen LogP contribution in [0.2, 0.25) is 5.02 Å². The minimum Gasteiger partial charge on any atom is -0.476 e. The first-order valence-electron chi connectivity index (χ1n) is 2.94. The van der Waals surface area contributed by atoms with Crippen molar-refractivity contribution in [2.24, 2.45) is 0 Å². The molecule has 0 bridgehead atoms. The number of hydrogen-bond donors (Lipinski definition) is 2. The van der Waals surface area contributed by atoms with Gasteiger partial charge in [-0.05, 0) is 6.07 Å². The summed E-state index contributed by atoms with van der Waals surface area (Å²) in [5.41, 5.74) is 2.70. The molecule has 5 heteroatoms. The van der Waals surface area contributed by atoms with E-state index in [4.69, 9.17) is 16.7 Å². The van der Waals surface area contributed by atoms with Crippen LogP contribution < -0.4 is 5.43 Å². The van der Waals surface area contributed by atoms with Crippen LogP contribution in [-0.4, -0.2) is 22.8 Å². The summed E-state index contributed by atoms with van der Waals surface area (Å²) in [4.78, 5) is 10.5. The van der Waals surface area contributed by atoms with E-state index in [9.17, 15) is 4.79 Å². The highest BCUT2D eigenvalue weighted by molar-refractivity contribution is 6.33. The molecule has 0 saturated carbocycles. The molecule has 2 N–H and O–H groups in total. The Hall–Kier alpha value is -1.16. The van der Waals surface area contributed by atoms with Crippen LogP contribution >= 0.6 is 11.6 Å². The molecule has 0 saturated heterocycles. The van der Waals surface area contributed by atoms with Gasteiger partial charge in [0.05, 0.1) is 5.02 Å². The average Bonchev–Trinajstić information content (AvgIpc) is 2.30. The van der Waals surface area contributed by atoms with E-state index in [0.29, 0.717) is 0 Å². The van der Waals surface area contributed by atoms with Crippen LogP contribution in [0.1, 0.15) is 10.5 Å². The Bertz CT molecular complexity index is 282. The van der Waals surface area contributed by atoms with Crippen LogP contribution in [0.4, 0.5) is 0 Å². The van der Waals surface area contributed by atoms with Gasteiger partial charge in [0.25, 0.3) is 0 Å². The van der Waals surface area contributed by atoms with Crippen molar-refractivity contribution in [3.8, 4) is 0 Å². The van der Waals surface area contributed by atoms with E-state index in [1.807, 2.05) is 0 Å². The summed E-state index contributed by atoms with van der Waals surface area (Å²) in [5, 5.41) is 8.85. The standard InChI is InChI=1S/C6H7ClN2O2/c1-8-9-3-2-4(7)5(9)6(10)11/h2-3,8H,1H3,(H,10,11). The molecule has 0 aromatic carbocycles. The molecular formula is C6H7ClN2O2. The largest absolute Gasteiger partial charge is 0.476 e. The maximum Gasteiger partial charge on any atom is 0.356 e. The lowest BCUT2D eigenvalue weighted by Gasteiger charge is -2.02. The van der Waals surface area contributed by atoms with Gasteiger partial charge in [0.1, 0.15) is 0 Å². The topological polar surface area (TPSA) is 54.3 Å². The summed E-state index contributed by atoms with van der Waals surface area (Å²) in [6.07, 6.45) is 1.55. The van der Waals surface area contributed by atoms with E-state index in [0.717, 1.165) is 0 Å². The first kappa shape index (κ1) is 7.94. The van der Waals surface area contributed by atoms with Crippen LogP contribution in [0.15, 0.2) is 12.3 Å². The summed E-state index contributed by atoms with van der Waals surface area (Å²) in [5.74, 6) is -1.05. The van der Waals surface area contributed by atoms with Gasteiger partial charge < -0.3 is 10.5 Å². The van der Waals surface area contributed by atoms with E-state index in [2.05, 4.69) is 5.43 Å². The van der Waals surface area contributed by atoms with Crippen molar-refractivity contribution in [2.45, 2.75) is 0 Å². The van der Waals surface area contributed by atoms with Gasteiger partial charge in [0.15, 0.2) is 5.69 Å². The summed E-state index contributed by atoms with van der Waals surface area (Å²) in [6, 6.07) is 1.52. The third-order valence-corrected chi connectivity index (χ3v) is 1.59. The molecule has 0 unspecified atom stereocenters. The van der Waals surface area contributed by atoms with Crippen molar-refractivity contribution >= 4 is 17.6 Å².